The van der Waals surface area contributed by atoms with Gasteiger partial charge in [-0.2, -0.15) is 5.26 Å². The summed E-state index contributed by atoms with van der Waals surface area (Å²) in [7, 11) is 0. The van der Waals surface area contributed by atoms with Gasteiger partial charge in [0.2, 0.25) is 0 Å². The summed E-state index contributed by atoms with van der Waals surface area (Å²) in [6, 6.07) is 14.0. The number of hydrogen-bond acceptors (Lipinski definition) is 2. The third kappa shape index (κ3) is 2.79. The first-order valence-electron chi connectivity index (χ1n) is 5.37. The van der Waals surface area contributed by atoms with E-state index < -0.39 is 5.82 Å². The van der Waals surface area contributed by atoms with Crippen LogP contribution in [-0.4, -0.2) is 0 Å². The van der Waals surface area contributed by atoms with E-state index in [4.69, 9.17) is 16.9 Å². The molecule has 0 heterocycles. The molecule has 0 radical (unpaired) electrons. The van der Waals surface area contributed by atoms with Crippen molar-refractivity contribution in [2.75, 3.05) is 5.32 Å². The van der Waals surface area contributed by atoms with Crippen molar-refractivity contribution in [1.29, 1.82) is 5.26 Å². The molecule has 0 saturated carbocycles. The zero-order valence-corrected chi connectivity index (χ0v) is 10.2. The summed E-state index contributed by atoms with van der Waals surface area (Å²) in [5.41, 5.74) is 1.85. The van der Waals surface area contributed by atoms with Crippen LogP contribution in [0.4, 0.5) is 10.1 Å². The highest BCUT2D eigenvalue weighted by atomic mass is 35.5. The van der Waals surface area contributed by atoms with Crippen LogP contribution in [0.15, 0.2) is 42.5 Å². The first-order chi connectivity index (χ1) is 8.70. The van der Waals surface area contributed by atoms with Crippen LogP contribution in [-0.2, 0) is 6.54 Å². The Labute approximate surface area is 110 Å². The number of rotatable bonds is 3. The third-order valence-corrected chi connectivity index (χ3v) is 2.78. The van der Waals surface area contributed by atoms with Crippen LogP contribution >= 0.6 is 11.6 Å². The van der Waals surface area contributed by atoms with E-state index in [9.17, 15) is 4.39 Å². The van der Waals surface area contributed by atoms with E-state index in [1.807, 2.05) is 6.07 Å². The molecule has 90 valence electrons. The van der Waals surface area contributed by atoms with Crippen LogP contribution in [0.1, 0.15) is 11.1 Å². The molecule has 0 aliphatic carbocycles. The van der Waals surface area contributed by atoms with Crippen molar-refractivity contribution in [3.63, 3.8) is 0 Å². The number of nitrogens with zero attached hydrogens (tertiary/aromatic N) is 1. The Morgan fingerprint density at radius 1 is 1.22 bits per heavy atom. The average molecular weight is 261 g/mol. The van der Waals surface area contributed by atoms with Crippen molar-refractivity contribution in [3.8, 4) is 6.07 Å². The second-order valence-corrected chi connectivity index (χ2v) is 4.17. The highest BCUT2D eigenvalue weighted by Crippen LogP contribution is 2.22. The van der Waals surface area contributed by atoms with E-state index in [1.165, 1.54) is 6.07 Å². The first-order valence-corrected chi connectivity index (χ1v) is 5.75. The van der Waals surface area contributed by atoms with Crippen LogP contribution < -0.4 is 5.32 Å². The van der Waals surface area contributed by atoms with Crippen LogP contribution in [0.3, 0.4) is 0 Å². The van der Waals surface area contributed by atoms with Gasteiger partial charge in [-0.1, -0.05) is 29.8 Å². The Kier molecular flexibility index (Phi) is 3.81. The second-order valence-electron chi connectivity index (χ2n) is 3.77. The molecule has 0 fully saturated rings. The lowest BCUT2D eigenvalue weighted by molar-refractivity contribution is 0.630. The average Bonchev–Trinajstić information content (AvgIpc) is 2.41. The Morgan fingerprint density at radius 2 is 2.00 bits per heavy atom. The van der Waals surface area contributed by atoms with E-state index >= 15 is 0 Å². The lowest BCUT2D eigenvalue weighted by Crippen LogP contribution is -2.01. The van der Waals surface area contributed by atoms with Gasteiger partial charge in [0.15, 0.2) is 5.82 Å². The molecule has 4 heteroatoms. The molecule has 2 rings (SSSR count). The number of nitriles is 1. The van der Waals surface area contributed by atoms with E-state index in [0.29, 0.717) is 17.8 Å². The molecule has 0 spiro atoms. The number of hydrogen-bond donors (Lipinski definition) is 1. The minimum Gasteiger partial charge on any atom is -0.379 e. The molecule has 0 atom stereocenters. The predicted molar refractivity (Wildman–Crippen MR) is 69.9 cm³/mol. The van der Waals surface area contributed by atoms with Crippen LogP contribution in [0.25, 0.3) is 0 Å². The van der Waals surface area contributed by atoms with Crippen molar-refractivity contribution in [2.24, 2.45) is 0 Å². The molecular weight excluding hydrogens is 251 g/mol. The summed E-state index contributed by atoms with van der Waals surface area (Å²) in [6.45, 7) is 0.437. The van der Waals surface area contributed by atoms with E-state index in [2.05, 4.69) is 11.4 Å². The maximum Gasteiger partial charge on any atom is 0.164 e. The molecule has 0 aliphatic heterocycles. The molecular formula is C14H10ClFN2. The van der Waals surface area contributed by atoms with Crippen LogP contribution in [0.2, 0.25) is 5.02 Å². The molecule has 0 bridgehead atoms. The Bertz CT molecular complexity index is 605. The van der Waals surface area contributed by atoms with Gasteiger partial charge in [0, 0.05) is 6.54 Å². The first kappa shape index (κ1) is 12.4. The normalized spacial score (nSPS) is 9.83. The van der Waals surface area contributed by atoms with Gasteiger partial charge in [0.25, 0.3) is 0 Å². The molecule has 1 N–H and O–H groups in total. The van der Waals surface area contributed by atoms with E-state index in [0.717, 1.165) is 5.56 Å². The predicted octanol–water partition coefficient (Wildman–Crippen LogP) is 3.96. The van der Waals surface area contributed by atoms with Crippen LogP contribution in [0.5, 0.6) is 0 Å². The molecule has 2 nitrogen and oxygen atoms in total. The van der Waals surface area contributed by atoms with Crippen LogP contribution in [0, 0.1) is 17.1 Å². The summed E-state index contributed by atoms with van der Waals surface area (Å²) < 4.78 is 13.6. The van der Waals surface area contributed by atoms with E-state index in [-0.39, 0.29) is 5.02 Å². The number of halogens is 2. The Hall–Kier alpha value is -2.05. The number of anilines is 1. The fourth-order valence-electron chi connectivity index (χ4n) is 1.59. The molecule has 0 aromatic heterocycles. The molecule has 0 saturated heterocycles. The summed E-state index contributed by atoms with van der Waals surface area (Å²) in [4.78, 5) is 0. The van der Waals surface area contributed by atoms with Gasteiger partial charge in [-0.05, 0) is 29.8 Å². The van der Waals surface area contributed by atoms with Gasteiger partial charge in [-0.3, -0.25) is 0 Å². The SMILES string of the molecule is N#Cc1cccc(CNc2cccc(Cl)c2F)c1. The largest absolute Gasteiger partial charge is 0.379 e. The number of benzene rings is 2. The van der Waals surface area contributed by atoms with Crippen molar-refractivity contribution in [1.82, 2.24) is 0 Å². The van der Waals surface area contributed by atoms with Gasteiger partial charge in [-0.25, -0.2) is 4.39 Å². The fourth-order valence-corrected chi connectivity index (χ4v) is 1.76. The molecule has 18 heavy (non-hydrogen) atoms. The Morgan fingerprint density at radius 3 is 2.78 bits per heavy atom. The van der Waals surface area contributed by atoms with Gasteiger partial charge in [0.05, 0.1) is 22.3 Å². The number of nitrogens with one attached hydrogen (secondary N) is 1. The highest BCUT2D eigenvalue weighted by Gasteiger charge is 2.05. The lowest BCUT2D eigenvalue weighted by atomic mass is 10.1. The highest BCUT2D eigenvalue weighted by molar-refractivity contribution is 6.31. The van der Waals surface area contributed by atoms with Crippen molar-refractivity contribution in [3.05, 3.63) is 64.4 Å². The van der Waals surface area contributed by atoms with Crippen molar-refractivity contribution >= 4 is 17.3 Å². The van der Waals surface area contributed by atoms with Crippen molar-refractivity contribution in [2.45, 2.75) is 6.54 Å². The van der Waals surface area contributed by atoms with Crippen molar-refractivity contribution < 1.29 is 4.39 Å². The molecule has 2 aromatic carbocycles. The van der Waals surface area contributed by atoms with Gasteiger partial charge in [-0.15, -0.1) is 0 Å². The monoisotopic (exact) mass is 260 g/mol. The topological polar surface area (TPSA) is 35.8 Å². The Balaban J connectivity index is 2.12. The molecule has 0 amide bonds. The second kappa shape index (κ2) is 5.52. The smallest absolute Gasteiger partial charge is 0.164 e. The molecule has 2 aromatic rings. The standard InChI is InChI=1S/C14H10ClFN2/c15-12-5-2-6-13(14(12)16)18-9-11-4-1-3-10(7-11)8-17/h1-7,18H,9H2. The van der Waals surface area contributed by atoms with E-state index in [1.54, 1.807) is 30.3 Å². The summed E-state index contributed by atoms with van der Waals surface area (Å²) in [5, 5.41) is 11.8. The zero-order chi connectivity index (χ0) is 13.0. The van der Waals surface area contributed by atoms with Gasteiger partial charge < -0.3 is 5.32 Å². The minimum absolute atomic E-state index is 0.0887. The third-order valence-electron chi connectivity index (χ3n) is 2.49. The summed E-state index contributed by atoms with van der Waals surface area (Å²) in [5.74, 6) is -0.462. The molecule has 0 aliphatic rings. The minimum atomic E-state index is -0.462. The maximum absolute atomic E-state index is 13.6. The van der Waals surface area contributed by atoms with Gasteiger partial charge in [0.1, 0.15) is 0 Å². The lowest BCUT2D eigenvalue weighted by Gasteiger charge is -2.08. The zero-order valence-electron chi connectivity index (χ0n) is 9.45. The summed E-state index contributed by atoms with van der Waals surface area (Å²) >= 11 is 5.69. The quantitative estimate of drug-likeness (QED) is 0.907. The maximum atomic E-state index is 13.6. The fraction of sp³-hybridized carbons (Fsp3) is 0.0714. The molecule has 0 unspecified atom stereocenters. The van der Waals surface area contributed by atoms with Gasteiger partial charge >= 0.3 is 0 Å². The summed E-state index contributed by atoms with van der Waals surface area (Å²) in [6.07, 6.45) is 0.